The van der Waals surface area contributed by atoms with Crippen LogP contribution in [-0.4, -0.2) is 37.2 Å². The molecule has 0 N–H and O–H groups in total. The lowest BCUT2D eigenvalue weighted by Crippen LogP contribution is -2.30. The predicted octanol–water partition coefficient (Wildman–Crippen LogP) is 24.4. The monoisotopic (exact) mass is 1130 g/mol. The highest BCUT2D eigenvalue weighted by Crippen LogP contribution is 2.18. The van der Waals surface area contributed by atoms with E-state index in [1.165, 1.54) is 218 Å². The minimum absolute atomic E-state index is 0.0804. The summed E-state index contributed by atoms with van der Waals surface area (Å²) in [4.78, 5) is 38.5. The predicted molar refractivity (Wildman–Crippen MR) is 353 cm³/mol. The second kappa shape index (κ2) is 69.3. The van der Waals surface area contributed by atoms with Crippen LogP contribution in [0.5, 0.6) is 0 Å². The Hall–Kier alpha value is -3.15. The van der Waals surface area contributed by atoms with Crippen molar-refractivity contribution >= 4 is 17.9 Å². The number of ether oxygens (including phenoxy) is 3. The summed E-state index contributed by atoms with van der Waals surface area (Å²) in [5, 5.41) is 0. The minimum Gasteiger partial charge on any atom is -0.462 e. The highest BCUT2D eigenvalue weighted by atomic mass is 16.6. The van der Waals surface area contributed by atoms with E-state index < -0.39 is 6.10 Å². The Morgan fingerprint density at radius 3 is 0.765 bits per heavy atom. The maximum absolute atomic E-state index is 13.0. The van der Waals surface area contributed by atoms with Crippen LogP contribution in [0.3, 0.4) is 0 Å². The largest absolute Gasteiger partial charge is 0.462 e. The van der Waals surface area contributed by atoms with Crippen molar-refractivity contribution in [2.75, 3.05) is 13.2 Å². The van der Waals surface area contributed by atoms with Gasteiger partial charge in [-0.05, 0) is 89.9 Å². The van der Waals surface area contributed by atoms with Gasteiger partial charge in [0, 0.05) is 19.3 Å². The van der Waals surface area contributed by atoms with Crippen molar-refractivity contribution in [1.82, 2.24) is 0 Å². The number of hydrogen-bond acceptors (Lipinski definition) is 6. The minimum atomic E-state index is -0.788. The van der Waals surface area contributed by atoms with Crippen molar-refractivity contribution < 1.29 is 28.6 Å². The molecule has 81 heavy (non-hydrogen) atoms. The molecule has 0 saturated carbocycles. The van der Waals surface area contributed by atoms with Gasteiger partial charge in [-0.15, -0.1) is 0 Å². The molecule has 0 aliphatic carbocycles. The van der Waals surface area contributed by atoms with E-state index in [0.29, 0.717) is 19.3 Å². The van der Waals surface area contributed by atoms with E-state index in [2.05, 4.69) is 93.7 Å². The van der Waals surface area contributed by atoms with Crippen molar-refractivity contribution in [2.24, 2.45) is 0 Å². The van der Waals surface area contributed by atoms with E-state index in [0.717, 1.165) is 109 Å². The van der Waals surface area contributed by atoms with Crippen LogP contribution >= 0.6 is 0 Å². The third-order valence-corrected chi connectivity index (χ3v) is 15.7. The van der Waals surface area contributed by atoms with Crippen LogP contribution in [0, 0.1) is 0 Å². The summed E-state index contributed by atoms with van der Waals surface area (Å²) in [7, 11) is 0. The molecule has 0 aromatic carbocycles. The summed E-state index contributed by atoms with van der Waals surface area (Å²) in [6, 6.07) is 0. The first-order valence-electron chi connectivity index (χ1n) is 35.4. The summed E-state index contributed by atoms with van der Waals surface area (Å²) in [6.45, 7) is 6.57. The lowest BCUT2D eigenvalue weighted by Gasteiger charge is -2.18. The van der Waals surface area contributed by atoms with Crippen LogP contribution in [0.15, 0.2) is 72.9 Å². The molecule has 0 saturated heterocycles. The third kappa shape index (κ3) is 67.5. The Kier molecular flexibility index (Phi) is 66.6. The Labute approximate surface area is 503 Å². The Bertz CT molecular complexity index is 1490. The molecule has 6 heteroatoms. The molecule has 0 aliphatic rings. The molecule has 0 heterocycles. The lowest BCUT2D eigenvalue weighted by molar-refractivity contribution is -0.167. The number of unbranched alkanes of at least 4 members (excludes halogenated alkanes) is 42. The zero-order chi connectivity index (χ0) is 58.5. The van der Waals surface area contributed by atoms with Gasteiger partial charge in [0.05, 0.1) is 0 Å². The molecule has 0 bridgehead atoms. The smallest absolute Gasteiger partial charge is 0.306 e. The number of carbonyl (C=O) groups is 3. The quantitative estimate of drug-likeness (QED) is 0.0261. The summed E-state index contributed by atoms with van der Waals surface area (Å²) >= 11 is 0. The van der Waals surface area contributed by atoms with Crippen LogP contribution in [0.4, 0.5) is 0 Å². The Morgan fingerprint density at radius 2 is 0.481 bits per heavy atom. The highest BCUT2D eigenvalue weighted by molar-refractivity contribution is 5.71. The first-order chi connectivity index (χ1) is 40.0. The first kappa shape index (κ1) is 77.9. The molecule has 0 aromatic heterocycles. The fourth-order valence-electron chi connectivity index (χ4n) is 10.4. The van der Waals surface area contributed by atoms with Crippen molar-refractivity contribution in [3.63, 3.8) is 0 Å². The second-order valence-corrected chi connectivity index (χ2v) is 23.8. The van der Waals surface area contributed by atoms with E-state index in [4.69, 9.17) is 14.2 Å². The number of allylic oxidation sites excluding steroid dienone is 12. The second-order valence-electron chi connectivity index (χ2n) is 23.8. The fourth-order valence-corrected chi connectivity index (χ4v) is 10.4. The zero-order valence-corrected chi connectivity index (χ0v) is 54.1. The molecule has 0 spiro atoms. The molecule has 0 radical (unpaired) electrons. The molecule has 6 nitrogen and oxygen atoms in total. The lowest BCUT2D eigenvalue weighted by atomic mass is 10.0. The summed E-state index contributed by atoms with van der Waals surface area (Å²) < 4.78 is 17.0. The summed E-state index contributed by atoms with van der Waals surface area (Å²) in [6.07, 6.45) is 90.7. The third-order valence-electron chi connectivity index (χ3n) is 15.7. The molecule has 0 aromatic rings. The summed E-state index contributed by atoms with van der Waals surface area (Å²) in [5.41, 5.74) is 0. The van der Waals surface area contributed by atoms with Gasteiger partial charge in [0.2, 0.25) is 0 Å². The van der Waals surface area contributed by atoms with Crippen LogP contribution in [0.1, 0.15) is 367 Å². The molecular formula is C75H134O6. The standard InChI is InChI=1S/C75H134O6/c1-4-7-10-13-16-19-22-25-28-31-34-36-37-39-41-44-47-50-53-56-59-62-65-68-74(77)80-71-72(70-79-73(76)67-64-61-58-55-52-49-46-43-40-33-30-27-24-21-18-15-12-9-6-3)81-75(78)69-66-63-60-57-54-51-48-45-42-38-35-32-29-26-23-20-17-14-11-8-5-2/h8,11,17,20,26-27,29-30,35,38,45,48,72H,4-7,9-10,12-16,18-19,21-25,28,31-34,36-37,39-44,46-47,49-71H2,1-3H3/b11-8-,20-17-,29-26-,30-27-,38-35-,48-45-. The normalized spacial score (nSPS) is 12.5. The maximum atomic E-state index is 13.0. The molecule has 470 valence electrons. The fraction of sp³-hybridized carbons (Fsp3) is 0.800. The average Bonchev–Trinajstić information content (AvgIpc) is 3.47. The Balaban J connectivity index is 4.37. The topological polar surface area (TPSA) is 78.9 Å². The summed E-state index contributed by atoms with van der Waals surface area (Å²) in [5.74, 6) is -0.879. The van der Waals surface area contributed by atoms with Crippen LogP contribution < -0.4 is 0 Å². The van der Waals surface area contributed by atoms with Crippen molar-refractivity contribution in [3.05, 3.63) is 72.9 Å². The number of esters is 3. The molecule has 1 unspecified atom stereocenters. The van der Waals surface area contributed by atoms with E-state index in [-0.39, 0.29) is 31.1 Å². The number of rotatable bonds is 65. The van der Waals surface area contributed by atoms with Crippen molar-refractivity contribution in [3.8, 4) is 0 Å². The molecule has 1 atom stereocenters. The zero-order valence-electron chi connectivity index (χ0n) is 54.1. The van der Waals surface area contributed by atoms with E-state index in [1.807, 2.05) is 0 Å². The average molecular weight is 1130 g/mol. The SMILES string of the molecule is CC/C=C\C/C=C\C/C=C\C/C=C\C/C=C\CCCCCCCC(=O)OC(COC(=O)CCCCCCCCCCC/C=C\CCCCCCCC)COC(=O)CCCCCCCCCCCCCCCCCCCCCCCCC. The van der Waals surface area contributed by atoms with Gasteiger partial charge < -0.3 is 14.2 Å². The molecule has 0 amide bonds. The Morgan fingerprint density at radius 1 is 0.259 bits per heavy atom. The molecule has 0 aliphatic heterocycles. The van der Waals surface area contributed by atoms with Crippen LogP contribution in [0.2, 0.25) is 0 Å². The van der Waals surface area contributed by atoms with Crippen molar-refractivity contribution in [2.45, 2.75) is 374 Å². The van der Waals surface area contributed by atoms with Crippen molar-refractivity contribution in [1.29, 1.82) is 0 Å². The van der Waals surface area contributed by atoms with Gasteiger partial charge in [-0.25, -0.2) is 0 Å². The van der Waals surface area contributed by atoms with Gasteiger partial charge in [0.1, 0.15) is 13.2 Å². The number of hydrogen-bond donors (Lipinski definition) is 0. The van der Waals surface area contributed by atoms with Gasteiger partial charge in [-0.3, -0.25) is 14.4 Å². The van der Waals surface area contributed by atoms with Gasteiger partial charge in [-0.2, -0.15) is 0 Å². The molecule has 0 fully saturated rings. The van der Waals surface area contributed by atoms with Crippen LogP contribution in [-0.2, 0) is 28.6 Å². The van der Waals surface area contributed by atoms with Gasteiger partial charge in [0.25, 0.3) is 0 Å². The molecular weight excluding hydrogens is 997 g/mol. The van der Waals surface area contributed by atoms with Gasteiger partial charge in [0.15, 0.2) is 6.10 Å². The highest BCUT2D eigenvalue weighted by Gasteiger charge is 2.19. The first-order valence-corrected chi connectivity index (χ1v) is 35.4. The number of carbonyl (C=O) groups excluding carboxylic acids is 3. The van der Waals surface area contributed by atoms with Gasteiger partial charge >= 0.3 is 17.9 Å². The maximum Gasteiger partial charge on any atom is 0.306 e. The van der Waals surface area contributed by atoms with E-state index in [9.17, 15) is 14.4 Å². The van der Waals surface area contributed by atoms with E-state index >= 15 is 0 Å². The van der Waals surface area contributed by atoms with Gasteiger partial charge in [-0.1, -0.05) is 331 Å². The van der Waals surface area contributed by atoms with Crippen LogP contribution in [0.25, 0.3) is 0 Å². The van der Waals surface area contributed by atoms with E-state index in [1.54, 1.807) is 0 Å². The molecule has 0 rings (SSSR count).